The predicted molar refractivity (Wildman–Crippen MR) is 103 cm³/mol. The number of hydrogen-bond donors (Lipinski definition) is 1. The third-order valence-corrected chi connectivity index (χ3v) is 5.07. The van der Waals surface area contributed by atoms with Crippen molar-refractivity contribution in [2.24, 2.45) is 0 Å². The quantitative estimate of drug-likeness (QED) is 0.772. The second kappa shape index (κ2) is 6.67. The summed E-state index contributed by atoms with van der Waals surface area (Å²) in [5.41, 5.74) is 3.57. The third kappa shape index (κ3) is 2.84. The van der Waals surface area contributed by atoms with Crippen LogP contribution in [0.4, 0.5) is 0 Å². The van der Waals surface area contributed by atoms with E-state index in [-0.39, 0.29) is 23.7 Å². The first-order valence-corrected chi connectivity index (χ1v) is 9.07. The average molecular weight is 363 g/mol. The molecule has 2 aromatic carbocycles. The topological polar surface area (TPSA) is 70.8 Å². The number of carbonyl (C=O) groups is 1. The molecular weight excluding hydrogens is 342 g/mol. The number of nitrogens with zero attached hydrogens (tertiary/aromatic N) is 1. The minimum atomic E-state index is -0.499. The molecule has 0 saturated heterocycles. The number of rotatable bonds is 4. The summed E-state index contributed by atoms with van der Waals surface area (Å²) in [6.45, 7) is 4.24. The molecular formula is C22H21NO4. The zero-order valence-corrected chi connectivity index (χ0v) is 15.4. The lowest BCUT2D eigenvalue weighted by Gasteiger charge is -2.25. The van der Waals surface area contributed by atoms with Gasteiger partial charge in [-0.15, -0.1) is 0 Å². The van der Waals surface area contributed by atoms with Crippen molar-refractivity contribution in [2.45, 2.75) is 26.3 Å². The van der Waals surface area contributed by atoms with Crippen molar-refractivity contribution in [3.63, 3.8) is 0 Å². The molecule has 1 aromatic heterocycles. The van der Waals surface area contributed by atoms with Crippen molar-refractivity contribution in [1.29, 1.82) is 0 Å². The van der Waals surface area contributed by atoms with Crippen molar-refractivity contribution in [1.82, 2.24) is 4.90 Å². The molecule has 0 fully saturated rings. The minimum Gasteiger partial charge on any atom is -0.450 e. The highest BCUT2D eigenvalue weighted by Gasteiger charge is 2.42. The lowest BCUT2D eigenvalue weighted by molar-refractivity contribution is 0.0716. The number of carbonyl (C=O) groups excluding carboxylic acids is 1. The standard InChI is InChI=1S/C22H21NO4/c1-13-4-7-15(8-5-13)19-18-20(25)16-12-14(2)6-9-17(16)27-21(18)22(26)23(19)10-3-11-24/h4-9,12,19,24H,3,10-11H2,1-2H3. The van der Waals surface area contributed by atoms with Crippen LogP contribution in [0.3, 0.4) is 0 Å². The van der Waals surface area contributed by atoms with Gasteiger partial charge in [0.25, 0.3) is 5.91 Å². The van der Waals surface area contributed by atoms with Gasteiger partial charge in [-0.05, 0) is 38.0 Å². The number of aliphatic hydroxyl groups excluding tert-OH is 1. The number of hydrogen-bond acceptors (Lipinski definition) is 4. The molecule has 1 unspecified atom stereocenters. The van der Waals surface area contributed by atoms with Gasteiger partial charge in [0.15, 0.2) is 5.43 Å². The molecule has 5 heteroatoms. The maximum absolute atomic E-state index is 13.3. The summed E-state index contributed by atoms with van der Waals surface area (Å²) >= 11 is 0. The Kier molecular flexibility index (Phi) is 4.32. The summed E-state index contributed by atoms with van der Waals surface area (Å²) in [6.07, 6.45) is 0.439. The van der Waals surface area contributed by atoms with Gasteiger partial charge in [0.2, 0.25) is 5.76 Å². The van der Waals surface area contributed by atoms with Gasteiger partial charge in [-0.2, -0.15) is 0 Å². The summed E-state index contributed by atoms with van der Waals surface area (Å²) in [7, 11) is 0. The van der Waals surface area contributed by atoms with Gasteiger partial charge in [-0.1, -0.05) is 41.5 Å². The number of aliphatic hydroxyl groups is 1. The van der Waals surface area contributed by atoms with Crippen LogP contribution < -0.4 is 5.43 Å². The molecule has 1 atom stereocenters. The Morgan fingerprint density at radius 3 is 2.44 bits per heavy atom. The smallest absolute Gasteiger partial charge is 0.290 e. The lowest BCUT2D eigenvalue weighted by atomic mass is 9.97. The van der Waals surface area contributed by atoms with Gasteiger partial charge >= 0.3 is 0 Å². The molecule has 1 aliphatic heterocycles. The van der Waals surface area contributed by atoms with E-state index in [9.17, 15) is 14.7 Å². The Morgan fingerprint density at radius 1 is 1.04 bits per heavy atom. The van der Waals surface area contributed by atoms with Crippen LogP contribution in [0, 0.1) is 13.8 Å². The zero-order valence-electron chi connectivity index (χ0n) is 15.4. The van der Waals surface area contributed by atoms with Gasteiger partial charge in [-0.25, -0.2) is 0 Å². The van der Waals surface area contributed by atoms with Crippen LogP contribution in [0.5, 0.6) is 0 Å². The molecule has 138 valence electrons. The Labute approximate surface area is 156 Å². The van der Waals surface area contributed by atoms with E-state index in [0.717, 1.165) is 16.7 Å². The van der Waals surface area contributed by atoms with Crippen molar-refractivity contribution < 1.29 is 14.3 Å². The van der Waals surface area contributed by atoms with Crippen molar-refractivity contribution >= 4 is 16.9 Å². The SMILES string of the molecule is Cc1ccc(C2c3c(oc4ccc(C)cc4c3=O)C(=O)N2CCCO)cc1. The van der Waals surface area contributed by atoms with E-state index in [2.05, 4.69) is 0 Å². The van der Waals surface area contributed by atoms with Crippen LogP contribution in [-0.2, 0) is 0 Å². The molecule has 4 rings (SSSR count). The molecule has 1 N–H and O–H groups in total. The largest absolute Gasteiger partial charge is 0.450 e. The maximum atomic E-state index is 13.3. The number of aryl methyl sites for hydroxylation is 2. The van der Waals surface area contributed by atoms with Crippen LogP contribution in [0.15, 0.2) is 51.7 Å². The Balaban J connectivity index is 1.97. The summed E-state index contributed by atoms with van der Waals surface area (Å²) in [6, 6.07) is 12.7. The van der Waals surface area contributed by atoms with Gasteiger partial charge in [-0.3, -0.25) is 9.59 Å². The molecule has 0 bridgehead atoms. The molecule has 5 nitrogen and oxygen atoms in total. The van der Waals surface area contributed by atoms with Crippen molar-refractivity contribution in [3.8, 4) is 0 Å². The zero-order chi connectivity index (χ0) is 19.1. The van der Waals surface area contributed by atoms with E-state index >= 15 is 0 Å². The summed E-state index contributed by atoms with van der Waals surface area (Å²) in [4.78, 5) is 28.0. The highest BCUT2D eigenvalue weighted by Crippen LogP contribution is 2.38. The fourth-order valence-electron chi connectivity index (χ4n) is 3.70. The molecule has 1 amide bonds. The molecule has 0 radical (unpaired) electrons. The van der Waals surface area contributed by atoms with E-state index in [1.807, 2.05) is 44.2 Å². The monoisotopic (exact) mass is 363 g/mol. The second-order valence-electron chi connectivity index (χ2n) is 7.06. The normalized spacial score (nSPS) is 16.2. The van der Waals surface area contributed by atoms with Crippen molar-refractivity contribution in [3.05, 3.63) is 80.7 Å². The number of benzene rings is 2. The highest BCUT2D eigenvalue weighted by atomic mass is 16.3. The highest BCUT2D eigenvalue weighted by molar-refractivity contribution is 5.99. The Morgan fingerprint density at radius 2 is 1.74 bits per heavy atom. The van der Waals surface area contributed by atoms with Crippen LogP contribution in [0.2, 0.25) is 0 Å². The molecule has 0 aliphatic carbocycles. The van der Waals surface area contributed by atoms with E-state index in [1.165, 1.54) is 0 Å². The minimum absolute atomic E-state index is 0.0245. The average Bonchev–Trinajstić information content (AvgIpc) is 2.94. The predicted octanol–water partition coefficient (Wildman–Crippen LogP) is 3.34. The lowest BCUT2D eigenvalue weighted by Crippen LogP contribution is -2.31. The molecule has 27 heavy (non-hydrogen) atoms. The number of amides is 1. The third-order valence-electron chi connectivity index (χ3n) is 5.07. The van der Waals surface area contributed by atoms with E-state index in [0.29, 0.717) is 29.5 Å². The first-order valence-electron chi connectivity index (χ1n) is 9.07. The first kappa shape index (κ1) is 17.5. The van der Waals surface area contributed by atoms with E-state index < -0.39 is 6.04 Å². The number of fused-ring (bicyclic) bond motifs is 2. The molecule has 3 aromatic rings. The van der Waals surface area contributed by atoms with Crippen LogP contribution >= 0.6 is 0 Å². The van der Waals surface area contributed by atoms with Crippen LogP contribution in [0.1, 0.15) is 45.3 Å². The van der Waals surface area contributed by atoms with Gasteiger partial charge < -0.3 is 14.4 Å². The maximum Gasteiger partial charge on any atom is 0.290 e. The Bertz CT molecular complexity index is 1080. The summed E-state index contributed by atoms with van der Waals surface area (Å²) in [5, 5.41) is 9.73. The molecule has 0 spiro atoms. The van der Waals surface area contributed by atoms with E-state index in [1.54, 1.807) is 17.0 Å². The van der Waals surface area contributed by atoms with Gasteiger partial charge in [0.1, 0.15) is 5.58 Å². The molecule has 1 aliphatic rings. The first-order chi connectivity index (χ1) is 13.0. The van der Waals surface area contributed by atoms with Crippen LogP contribution in [0.25, 0.3) is 11.0 Å². The van der Waals surface area contributed by atoms with E-state index in [4.69, 9.17) is 4.42 Å². The summed E-state index contributed by atoms with van der Waals surface area (Å²) < 4.78 is 5.88. The molecule has 2 heterocycles. The second-order valence-corrected chi connectivity index (χ2v) is 7.06. The fourth-order valence-corrected chi connectivity index (χ4v) is 3.70. The van der Waals surface area contributed by atoms with Gasteiger partial charge in [0, 0.05) is 13.2 Å². The summed E-state index contributed by atoms with van der Waals surface area (Å²) in [5.74, 6) is -0.191. The fraction of sp³-hybridized carbons (Fsp3) is 0.273. The van der Waals surface area contributed by atoms with Crippen molar-refractivity contribution in [2.75, 3.05) is 13.2 Å². The van der Waals surface area contributed by atoms with Gasteiger partial charge in [0.05, 0.1) is 17.0 Å². The van der Waals surface area contributed by atoms with Crippen LogP contribution in [-0.4, -0.2) is 29.1 Å². The Hall–Kier alpha value is -2.92. The molecule has 0 saturated carbocycles.